The maximum Gasteiger partial charge on any atom is 0.260 e. The van der Waals surface area contributed by atoms with E-state index in [9.17, 15) is 4.79 Å². The van der Waals surface area contributed by atoms with Gasteiger partial charge in [-0.2, -0.15) is 0 Å². The fourth-order valence-electron chi connectivity index (χ4n) is 3.16. The van der Waals surface area contributed by atoms with E-state index in [-0.39, 0.29) is 5.91 Å². The minimum Gasteiger partial charge on any atom is -0.480 e. The number of nitrogens with one attached hydrogen (secondary N) is 1. The molecule has 0 aliphatic heterocycles. The Morgan fingerprint density at radius 3 is 2.83 bits per heavy atom. The fourth-order valence-corrected chi connectivity index (χ4v) is 3.16. The largest absolute Gasteiger partial charge is 0.480 e. The molecule has 2 aromatic carbocycles. The Kier molecular flexibility index (Phi) is 5.52. The predicted octanol–water partition coefficient (Wildman–Crippen LogP) is 4.61. The summed E-state index contributed by atoms with van der Waals surface area (Å²) in [6.45, 7) is 2.49. The highest BCUT2D eigenvalue weighted by Crippen LogP contribution is 2.26. The molecule has 0 fully saturated rings. The number of ether oxygens (including phenoxy) is 1. The van der Waals surface area contributed by atoms with Gasteiger partial charge in [-0.15, -0.1) is 0 Å². The van der Waals surface area contributed by atoms with Crippen LogP contribution >= 0.6 is 0 Å². The van der Waals surface area contributed by atoms with E-state index in [4.69, 9.17) is 4.74 Å². The quantitative estimate of drug-likeness (QED) is 0.788. The molecule has 0 radical (unpaired) electrons. The van der Waals surface area contributed by atoms with Crippen LogP contribution in [-0.2, 0) is 4.79 Å². The molecule has 3 rings (SSSR count). The molecule has 0 unspecified atom stereocenters. The number of hydrogen-bond acceptors (Lipinski definition) is 2. The Bertz CT molecular complexity index is 730. The van der Waals surface area contributed by atoms with Crippen LogP contribution in [0.15, 0.2) is 54.1 Å². The second-order valence-electron chi connectivity index (χ2n) is 6.39. The summed E-state index contributed by atoms with van der Waals surface area (Å²) in [6, 6.07) is 14.0. The SMILES string of the molecule is C[C@H](Oc1cccc2ccccc12)C(=O)NCCC1=CCCCC1. The molecule has 0 heterocycles. The second-order valence-corrected chi connectivity index (χ2v) is 6.39. The van der Waals surface area contributed by atoms with Gasteiger partial charge < -0.3 is 10.1 Å². The lowest BCUT2D eigenvalue weighted by Gasteiger charge is -2.17. The van der Waals surface area contributed by atoms with Crippen LogP contribution in [0, 0.1) is 0 Å². The van der Waals surface area contributed by atoms with Crippen molar-refractivity contribution in [3.8, 4) is 5.75 Å². The lowest BCUT2D eigenvalue weighted by atomic mass is 9.97. The number of benzene rings is 2. The zero-order valence-corrected chi connectivity index (χ0v) is 14.3. The van der Waals surface area contributed by atoms with Gasteiger partial charge in [0.05, 0.1) is 0 Å². The molecule has 1 amide bonds. The molecule has 1 aliphatic carbocycles. The first-order valence-electron chi connectivity index (χ1n) is 8.84. The average Bonchev–Trinajstić information content (AvgIpc) is 2.63. The molecule has 1 atom stereocenters. The summed E-state index contributed by atoms with van der Waals surface area (Å²) in [4.78, 5) is 12.3. The van der Waals surface area contributed by atoms with Gasteiger partial charge in [0.25, 0.3) is 5.91 Å². The normalized spacial score (nSPS) is 15.6. The molecule has 126 valence electrons. The molecule has 0 saturated heterocycles. The number of rotatable bonds is 6. The van der Waals surface area contributed by atoms with Gasteiger partial charge in [-0.1, -0.05) is 48.0 Å². The topological polar surface area (TPSA) is 38.3 Å². The molecule has 1 aliphatic rings. The summed E-state index contributed by atoms with van der Waals surface area (Å²) >= 11 is 0. The molecule has 0 aromatic heterocycles. The zero-order chi connectivity index (χ0) is 16.8. The third-order valence-electron chi connectivity index (χ3n) is 4.55. The van der Waals surface area contributed by atoms with E-state index in [1.54, 1.807) is 6.92 Å². The summed E-state index contributed by atoms with van der Waals surface area (Å²) < 4.78 is 5.91. The van der Waals surface area contributed by atoms with Gasteiger partial charge in [0.15, 0.2) is 6.10 Å². The Morgan fingerprint density at radius 1 is 1.17 bits per heavy atom. The van der Waals surface area contributed by atoms with Crippen LogP contribution in [0.1, 0.15) is 39.0 Å². The van der Waals surface area contributed by atoms with Gasteiger partial charge in [0.2, 0.25) is 0 Å². The van der Waals surface area contributed by atoms with Crippen molar-refractivity contribution in [2.75, 3.05) is 6.54 Å². The molecular weight excluding hydrogens is 298 g/mol. The first kappa shape index (κ1) is 16.6. The fraction of sp³-hybridized carbons (Fsp3) is 0.381. The Hall–Kier alpha value is -2.29. The third kappa shape index (κ3) is 4.16. The lowest BCUT2D eigenvalue weighted by molar-refractivity contribution is -0.127. The van der Waals surface area contributed by atoms with E-state index < -0.39 is 6.10 Å². The van der Waals surface area contributed by atoms with Gasteiger partial charge in [-0.3, -0.25) is 4.79 Å². The molecule has 3 nitrogen and oxygen atoms in total. The molecule has 3 heteroatoms. The van der Waals surface area contributed by atoms with Crippen molar-refractivity contribution in [3.05, 3.63) is 54.1 Å². The smallest absolute Gasteiger partial charge is 0.260 e. The summed E-state index contributed by atoms with van der Waals surface area (Å²) in [7, 11) is 0. The summed E-state index contributed by atoms with van der Waals surface area (Å²) in [5, 5.41) is 5.14. The summed E-state index contributed by atoms with van der Waals surface area (Å²) in [6.07, 6.45) is 7.71. The van der Waals surface area contributed by atoms with Crippen LogP contribution in [0.3, 0.4) is 0 Å². The molecule has 2 aromatic rings. The number of fused-ring (bicyclic) bond motifs is 1. The van der Waals surface area contributed by atoms with E-state index in [1.807, 2.05) is 42.5 Å². The molecule has 1 N–H and O–H groups in total. The van der Waals surface area contributed by atoms with E-state index in [0.29, 0.717) is 6.54 Å². The molecule has 0 saturated carbocycles. The second kappa shape index (κ2) is 8.00. The van der Waals surface area contributed by atoms with Crippen LogP contribution in [0.25, 0.3) is 10.8 Å². The Morgan fingerprint density at radius 2 is 2.00 bits per heavy atom. The van der Waals surface area contributed by atoms with Gasteiger partial charge >= 0.3 is 0 Å². The number of carbonyl (C=O) groups is 1. The zero-order valence-electron chi connectivity index (χ0n) is 14.3. The molecule has 24 heavy (non-hydrogen) atoms. The van der Waals surface area contributed by atoms with Crippen molar-refractivity contribution in [1.82, 2.24) is 5.32 Å². The minimum absolute atomic E-state index is 0.0562. The summed E-state index contributed by atoms with van der Waals surface area (Å²) in [5.41, 5.74) is 1.48. The molecule has 0 spiro atoms. The van der Waals surface area contributed by atoms with Crippen LogP contribution in [0.5, 0.6) is 5.75 Å². The van der Waals surface area contributed by atoms with Crippen molar-refractivity contribution >= 4 is 16.7 Å². The highest BCUT2D eigenvalue weighted by molar-refractivity contribution is 5.89. The van der Waals surface area contributed by atoms with E-state index >= 15 is 0 Å². The molecular formula is C21H25NO2. The highest BCUT2D eigenvalue weighted by Gasteiger charge is 2.15. The third-order valence-corrected chi connectivity index (χ3v) is 4.55. The van der Waals surface area contributed by atoms with Gasteiger partial charge in [-0.25, -0.2) is 0 Å². The van der Waals surface area contributed by atoms with Crippen LogP contribution in [0.2, 0.25) is 0 Å². The Labute approximate surface area is 143 Å². The first-order valence-corrected chi connectivity index (χ1v) is 8.84. The predicted molar refractivity (Wildman–Crippen MR) is 98.2 cm³/mol. The van der Waals surface area contributed by atoms with Crippen LogP contribution in [0.4, 0.5) is 0 Å². The van der Waals surface area contributed by atoms with Crippen molar-refractivity contribution in [2.45, 2.75) is 45.1 Å². The number of hydrogen-bond donors (Lipinski definition) is 1. The van der Waals surface area contributed by atoms with Gasteiger partial charge in [0, 0.05) is 11.9 Å². The average molecular weight is 323 g/mol. The van der Waals surface area contributed by atoms with Gasteiger partial charge in [-0.05, 0) is 50.5 Å². The van der Waals surface area contributed by atoms with Crippen LogP contribution in [-0.4, -0.2) is 18.6 Å². The van der Waals surface area contributed by atoms with E-state index in [0.717, 1.165) is 22.9 Å². The van der Waals surface area contributed by atoms with E-state index in [2.05, 4.69) is 11.4 Å². The standard InChI is InChI=1S/C21H25NO2/c1-16(21(23)22-15-14-17-8-3-2-4-9-17)24-20-13-7-11-18-10-5-6-12-19(18)20/h5-8,10-13,16H,2-4,9,14-15H2,1H3,(H,22,23)/t16-/m0/s1. The van der Waals surface area contributed by atoms with Crippen molar-refractivity contribution < 1.29 is 9.53 Å². The Balaban J connectivity index is 1.54. The first-order chi connectivity index (χ1) is 11.7. The lowest BCUT2D eigenvalue weighted by Crippen LogP contribution is -2.37. The highest BCUT2D eigenvalue weighted by atomic mass is 16.5. The van der Waals surface area contributed by atoms with Crippen molar-refractivity contribution in [1.29, 1.82) is 0 Å². The number of amides is 1. The minimum atomic E-state index is -0.504. The van der Waals surface area contributed by atoms with Crippen LogP contribution < -0.4 is 10.1 Å². The molecule has 0 bridgehead atoms. The maximum atomic E-state index is 12.3. The number of carbonyl (C=O) groups excluding carboxylic acids is 1. The number of allylic oxidation sites excluding steroid dienone is 1. The summed E-state index contributed by atoms with van der Waals surface area (Å²) in [5.74, 6) is 0.699. The van der Waals surface area contributed by atoms with Crippen molar-refractivity contribution in [3.63, 3.8) is 0 Å². The van der Waals surface area contributed by atoms with Crippen molar-refractivity contribution in [2.24, 2.45) is 0 Å². The maximum absolute atomic E-state index is 12.3. The van der Waals surface area contributed by atoms with E-state index in [1.165, 1.54) is 31.3 Å². The monoisotopic (exact) mass is 323 g/mol. The van der Waals surface area contributed by atoms with Gasteiger partial charge in [0.1, 0.15) is 5.75 Å².